The van der Waals surface area contributed by atoms with Crippen molar-refractivity contribution in [3.8, 4) is 11.5 Å². The highest BCUT2D eigenvalue weighted by Crippen LogP contribution is 2.33. The molecule has 146 valence electrons. The molecular weight excluding hydrogens is 360 g/mol. The lowest BCUT2D eigenvalue weighted by Crippen LogP contribution is -2.32. The van der Waals surface area contributed by atoms with Gasteiger partial charge < -0.3 is 14.8 Å². The van der Waals surface area contributed by atoms with Crippen molar-refractivity contribution in [3.05, 3.63) is 47.7 Å². The summed E-state index contributed by atoms with van der Waals surface area (Å²) in [6.45, 7) is 9.17. The highest BCUT2D eigenvalue weighted by atomic mass is 32.2. The van der Waals surface area contributed by atoms with Gasteiger partial charge in [-0.05, 0) is 55.9 Å². The molecule has 0 saturated carbocycles. The molecule has 27 heavy (non-hydrogen) atoms. The van der Waals surface area contributed by atoms with Gasteiger partial charge in [-0.3, -0.25) is 4.79 Å². The van der Waals surface area contributed by atoms with Crippen LogP contribution < -0.4 is 14.8 Å². The van der Waals surface area contributed by atoms with Gasteiger partial charge in [-0.2, -0.15) is 0 Å². The minimum Gasteiger partial charge on any atom is -0.490 e. The first-order valence-electron chi connectivity index (χ1n) is 9.21. The van der Waals surface area contributed by atoms with Crippen LogP contribution in [0.2, 0.25) is 0 Å². The maximum atomic E-state index is 12.9. The molecule has 0 spiro atoms. The fourth-order valence-electron chi connectivity index (χ4n) is 2.84. The van der Waals surface area contributed by atoms with Crippen LogP contribution >= 0.6 is 11.8 Å². The van der Waals surface area contributed by atoms with Crippen LogP contribution in [0, 0.1) is 5.92 Å². The molecule has 0 radical (unpaired) electrons. The fourth-order valence-corrected chi connectivity index (χ4v) is 3.39. The first kappa shape index (κ1) is 21.1. The first-order valence-corrected chi connectivity index (χ1v) is 10.4. The van der Waals surface area contributed by atoms with Gasteiger partial charge in [-0.1, -0.05) is 19.9 Å². The summed E-state index contributed by atoms with van der Waals surface area (Å²) in [4.78, 5) is 17.2. The van der Waals surface area contributed by atoms with Crippen LogP contribution in [0.4, 0.5) is 0 Å². The molecular formula is C21H28N2O3S. The van der Waals surface area contributed by atoms with Gasteiger partial charge in [0.15, 0.2) is 11.5 Å². The Kier molecular flexibility index (Phi) is 7.98. The topological polar surface area (TPSA) is 60.5 Å². The highest BCUT2D eigenvalue weighted by Gasteiger charge is 2.22. The summed E-state index contributed by atoms with van der Waals surface area (Å²) in [5, 5.41) is 3.88. The van der Waals surface area contributed by atoms with E-state index in [1.807, 2.05) is 38.3 Å². The molecule has 1 aromatic heterocycles. The Morgan fingerprint density at radius 1 is 1.15 bits per heavy atom. The molecule has 1 amide bonds. The van der Waals surface area contributed by atoms with Crippen molar-refractivity contribution in [2.45, 2.75) is 38.8 Å². The second-order valence-corrected chi connectivity index (χ2v) is 7.12. The lowest BCUT2D eigenvalue weighted by atomic mass is 9.95. The second-order valence-electron chi connectivity index (χ2n) is 6.33. The Hall–Kier alpha value is -2.21. The Labute approximate surface area is 165 Å². The third kappa shape index (κ3) is 5.39. The van der Waals surface area contributed by atoms with E-state index >= 15 is 0 Å². The lowest BCUT2D eigenvalue weighted by molar-refractivity contribution is 0.0921. The standard InChI is InChI=1S/C21H28N2O3S/c1-6-25-17-11-10-15(13-18(17)26-7-2)19(14(3)4)23-20(24)16-9-8-12-22-21(16)27-5/h8-14,19H,6-7H2,1-5H3,(H,23,24). The van der Waals surface area contributed by atoms with E-state index in [2.05, 4.69) is 24.1 Å². The molecule has 0 fully saturated rings. The minimum atomic E-state index is -0.151. The number of benzene rings is 1. The van der Waals surface area contributed by atoms with E-state index in [0.29, 0.717) is 30.3 Å². The molecule has 1 unspecified atom stereocenters. The van der Waals surface area contributed by atoms with Crippen LogP contribution in [0.1, 0.15) is 49.7 Å². The fraction of sp³-hybridized carbons (Fsp3) is 0.429. The first-order chi connectivity index (χ1) is 13.0. The molecule has 0 aliphatic rings. The summed E-state index contributed by atoms with van der Waals surface area (Å²) in [7, 11) is 0. The third-order valence-corrected chi connectivity index (χ3v) is 4.80. The van der Waals surface area contributed by atoms with E-state index in [9.17, 15) is 4.79 Å². The molecule has 5 nitrogen and oxygen atoms in total. The average molecular weight is 389 g/mol. The van der Waals surface area contributed by atoms with Gasteiger partial charge in [0.1, 0.15) is 5.03 Å². The van der Waals surface area contributed by atoms with E-state index in [1.165, 1.54) is 11.8 Å². The molecule has 0 aliphatic carbocycles. The number of thioether (sulfide) groups is 1. The normalized spacial score (nSPS) is 11.9. The quantitative estimate of drug-likeness (QED) is 0.630. The molecule has 2 rings (SSSR count). The van der Waals surface area contributed by atoms with Gasteiger partial charge in [-0.15, -0.1) is 11.8 Å². The Bertz CT molecular complexity index is 765. The van der Waals surface area contributed by atoms with E-state index in [4.69, 9.17) is 9.47 Å². The summed E-state index contributed by atoms with van der Waals surface area (Å²) in [5.74, 6) is 1.49. The molecule has 2 aromatic rings. The largest absolute Gasteiger partial charge is 0.490 e. The van der Waals surface area contributed by atoms with Crippen LogP contribution in [0.25, 0.3) is 0 Å². The number of rotatable bonds is 9. The average Bonchev–Trinajstić information content (AvgIpc) is 2.67. The predicted octanol–water partition coefficient (Wildman–Crippen LogP) is 4.73. The SMILES string of the molecule is CCOc1ccc(C(NC(=O)c2cccnc2SC)C(C)C)cc1OCC. The number of nitrogens with one attached hydrogen (secondary N) is 1. The number of nitrogens with zero attached hydrogens (tertiary/aromatic N) is 1. The van der Waals surface area contributed by atoms with Gasteiger partial charge in [0.25, 0.3) is 5.91 Å². The number of aromatic nitrogens is 1. The van der Waals surface area contributed by atoms with Crippen LogP contribution in [-0.2, 0) is 0 Å². The summed E-state index contributed by atoms with van der Waals surface area (Å²) in [6.07, 6.45) is 3.61. The lowest BCUT2D eigenvalue weighted by Gasteiger charge is -2.24. The van der Waals surface area contributed by atoms with E-state index in [0.717, 1.165) is 10.6 Å². The molecule has 0 aliphatic heterocycles. The maximum absolute atomic E-state index is 12.9. The number of amides is 1. The van der Waals surface area contributed by atoms with Gasteiger partial charge in [0.2, 0.25) is 0 Å². The molecule has 0 bridgehead atoms. The summed E-state index contributed by atoms with van der Waals surface area (Å²) < 4.78 is 11.4. The minimum absolute atomic E-state index is 0.127. The number of hydrogen-bond donors (Lipinski definition) is 1. The van der Waals surface area contributed by atoms with Gasteiger partial charge in [0.05, 0.1) is 24.8 Å². The monoisotopic (exact) mass is 388 g/mol. The zero-order valence-corrected chi connectivity index (χ0v) is 17.4. The van der Waals surface area contributed by atoms with Crippen LogP contribution in [0.15, 0.2) is 41.6 Å². The van der Waals surface area contributed by atoms with Crippen molar-refractivity contribution >= 4 is 17.7 Å². The zero-order valence-electron chi connectivity index (χ0n) is 16.6. The maximum Gasteiger partial charge on any atom is 0.254 e. The number of carbonyl (C=O) groups is 1. The van der Waals surface area contributed by atoms with Crippen molar-refractivity contribution in [3.63, 3.8) is 0 Å². The number of carbonyl (C=O) groups excluding carboxylic acids is 1. The number of hydrogen-bond acceptors (Lipinski definition) is 5. The summed E-state index contributed by atoms with van der Waals surface area (Å²) >= 11 is 1.46. The van der Waals surface area contributed by atoms with Crippen LogP contribution in [0.5, 0.6) is 11.5 Å². The highest BCUT2D eigenvalue weighted by molar-refractivity contribution is 7.98. The van der Waals surface area contributed by atoms with Gasteiger partial charge in [0, 0.05) is 6.20 Å². The third-order valence-electron chi connectivity index (χ3n) is 4.09. The van der Waals surface area contributed by atoms with E-state index in [1.54, 1.807) is 18.3 Å². The summed E-state index contributed by atoms with van der Waals surface area (Å²) in [6, 6.07) is 9.28. The Morgan fingerprint density at radius 2 is 1.85 bits per heavy atom. The molecule has 1 N–H and O–H groups in total. The van der Waals surface area contributed by atoms with Crippen LogP contribution in [-0.4, -0.2) is 30.4 Å². The number of pyridine rings is 1. The molecule has 1 heterocycles. The van der Waals surface area contributed by atoms with Gasteiger partial charge >= 0.3 is 0 Å². The molecule has 0 saturated heterocycles. The van der Waals surface area contributed by atoms with E-state index < -0.39 is 0 Å². The Morgan fingerprint density at radius 3 is 2.48 bits per heavy atom. The molecule has 6 heteroatoms. The molecule has 1 atom stereocenters. The van der Waals surface area contributed by atoms with E-state index in [-0.39, 0.29) is 17.9 Å². The Balaban J connectivity index is 2.31. The second kappa shape index (κ2) is 10.2. The van der Waals surface area contributed by atoms with Crippen molar-refractivity contribution in [1.29, 1.82) is 0 Å². The van der Waals surface area contributed by atoms with Crippen molar-refractivity contribution in [2.24, 2.45) is 5.92 Å². The van der Waals surface area contributed by atoms with Crippen LogP contribution in [0.3, 0.4) is 0 Å². The van der Waals surface area contributed by atoms with Gasteiger partial charge in [-0.25, -0.2) is 4.98 Å². The number of ether oxygens (including phenoxy) is 2. The zero-order chi connectivity index (χ0) is 19.8. The smallest absolute Gasteiger partial charge is 0.254 e. The van der Waals surface area contributed by atoms with Crippen molar-refractivity contribution < 1.29 is 14.3 Å². The molecule has 1 aromatic carbocycles. The summed E-state index contributed by atoms with van der Waals surface area (Å²) in [5.41, 5.74) is 1.58. The van der Waals surface area contributed by atoms with Crippen molar-refractivity contribution in [2.75, 3.05) is 19.5 Å². The predicted molar refractivity (Wildman–Crippen MR) is 110 cm³/mol. The van der Waals surface area contributed by atoms with Crippen molar-refractivity contribution in [1.82, 2.24) is 10.3 Å².